The maximum absolute atomic E-state index is 13.6. The average molecular weight is 422 g/mol. The Kier molecular flexibility index (Phi) is 5.88. The zero-order valence-electron chi connectivity index (χ0n) is 15.2. The van der Waals surface area contributed by atoms with Crippen LogP contribution >= 0.6 is 11.6 Å². The Morgan fingerprint density at radius 3 is 2.45 bits per heavy atom. The van der Waals surface area contributed by atoms with Crippen LogP contribution in [-0.4, -0.2) is 31.7 Å². The SMILES string of the molecule is Cc1c(N2C[C@@H](COc3ccc(C#N)cc3)O[C@@H]2C(F)(F)F)ccc(C#N)c1Cl. The summed E-state index contributed by atoms with van der Waals surface area (Å²) in [7, 11) is 0. The zero-order valence-corrected chi connectivity index (χ0v) is 16.0. The molecule has 0 unspecified atom stereocenters. The lowest BCUT2D eigenvalue weighted by molar-refractivity contribution is -0.215. The van der Waals surface area contributed by atoms with Gasteiger partial charge in [-0.2, -0.15) is 23.7 Å². The molecule has 5 nitrogen and oxygen atoms in total. The molecule has 29 heavy (non-hydrogen) atoms. The van der Waals surface area contributed by atoms with Gasteiger partial charge in [0.1, 0.15) is 24.5 Å². The van der Waals surface area contributed by atoms with Gasteiger partial charge in [-0.25, -0.2) is 0 Å². The molecule has 2 aromatic carbocycles. The first kappa shape index (κ1) is 20.8. The van der Waals surface area contributed by atoms with E-state index >= 15 is 0 Å². The highest BCUT2D eigenvalue weighted by atomic mass is 35.5. The van der Waals surface area contributed by atoms with Gasteiger partial charge in [-0.15, -0.1) is 0 Å². The van der Waals surface area contributed by atoms with Crippen LogP contribution in [0.1, 0.15) is 16.7 Å². The summed E-state index contributed by atoms with van der Waals surface area (Å²) in [5, 5.41) is 18.0. The Morgan fingerprint density at radius 2 is 1.86 bits per heavy atom. The Hall–Kier alpha value is -2.94. The van der Waals surface area contributed by atoms with Crippen LogP contribution in [0.15, 0.2) is 36.4 Å². The lowest BCUT2D eigenvalue weighted by atomic mass is 10.1. The molecule has 0 amide bonds. The molecular formula is C20H15ClF3N3O2. The van der Waals surface area contributed by atoms with E-state index in [9.17, 15) is 13.2 Å². The molecule has 1 aliphatic rings. The van der Waals surface area contributed by atoms with Crippen LogP contribution in [-0.2, 0) is 4.74 Å². The zero-order chi connectivity index (χ0) is 21.2. The van der Waals surface area contributed by atoms with Crippen LogP contribution < -0.4 is 9.64 Å². The highest BCUT2D eigenvalue weighted by Crippen LogP contribution is 2.38. The fourth-order valence-electron chi connectivity index (χ4n) is 3.07. The molecule has 0 N–H and O–H groups in total. The number of nitrogens with zero attached hydrogens (tertiary/aromatic N) is 3. The summed E-state index contributed by atoms with van der Waals surface area (Å²) in [6, 6.07) is 12.9. The van der Waals surface area contributed by atoms with Crippen LogP contribution in [0.3, 0.4) is 0 Å². The summed E-state index contributed by atoms with van der Waals surface area (Å²) < 4.78 is 51.5. The smallest absolute Gasteiger partial charge is 0.433 e. The van der Waals surface area contributed by atoms with Crippen LogP contribution in [0.2, 0.25) is 5.02 Å². The van der Waals surface area contributed by atoms with Gasteiger partial charge in [0, 0.05) is 5.69 Å². The lowest BCUT2D eigenvalue weighted by Crippen LogP contribution is -2.42. The highest BCUT2D eigenvalue weighted by Gasteiger charge is 2.51. The molecule has 1 heterocycles. The maximum atomic E-state index is 13.6. The van der Waals surface area contributed by atoms with Gasteiger partial charge in [0.05, 0.1) is 28.8 Å². The predicted octanol–water partition coefficient (Wildman–Crippen LogP) is 4.56. The second kappa shape index (κ2) is 8.20. The molecule has 0 saturated carbocycles. The minimum absolute atomic E-state index is 0.0659. The quantitative estimate of drug-likeness (QED) is 0.723. The normalized spacial score (nSPS) is 18.9. The number of alkyl halides is 3. The van der Waals surface area contributed by atoms with Crippen molar-refractivity contribution in [3.63, 3.8) is 0 Å². The minimum Gasteiger partial charge on any atom is -0.491 e. The van der Waals surface area contributed by atoms with E-state index in [1.165, 1.54) is 12.1 Å². The standard InChI is InChI=1S/C20H15ClF3N3O2/c1-12-17(7-4-14(9-26)18(12)21)27-10-16(29-19(27)20(22,23)24)11-28-15-5-2-13(8-25)3-6-15/h2-7,16,19H,10-11H2,1H3/t16-,19+/m0/s1. The minimum atomic E-state index is -4.63. The number of hydrogen-bond donors (Lipinski definition) is 0. The monoisotopic (exact) mass is 421 g/mol. The topological polar surface area (TPSA) is 69.3 Å². The third kappa shape index (κ3) is 4.40. The van der Waals surface area contributed by atoms with Gasteiger partial charge in [-0.3, -0.25) is 0 Å². The van der Waals surface area contributed by atoms with Gasteiger partial charge in [-0.1, -0.05) is 11.6 Å². The molecule has 2 aromatic rings. The van der Waals surface area contributed by atoms with Crippen molar-refractivity contribution in [1.29, 1.82) is 10.5 Å². The molecule has 150 valence electrons. The average Bonchev–Trinajstić information content (AvgIpc) is 3.13. The van der Waals surface area contributed by atoms with Gasteiger partial charge in [-0.05, 0) is 48.9 Å². The molecule has 1 aliphatic heterocycles. The van der Waals surface area contributed by atoms with Crippen molar-refractivity contribution < 1.29 is 22.6 Å². The van der Waals surface area contributed by atoms with Gasteiger partial charge in [0.15, 0.2) is 0 Å². The number of ether oxygens (including phenoxy) is 2. The second-order valence-electron chi connectivity index (χ2n) is 6.43. The molecular weight excluding hydrogens is 407 g/mol. The molecule has 1 fully saturated rings. The predicted molar refractivity (Wildman–Crippen MR) is 99.6 cm³/mol. The van der Waals surface area contributed by atoms with Crippen molar-refractivity contribution in [2.45, 2.75) is 25.4 Å². The number of rotatable bonds is 4. The Bertz CT molecular complexity index is 981. The first-order valence-corrected chi connectivity index (χ1v) is 8.93. The molecule has 0 aliphatic carbocycles. The van der Waals surface area contributed by atoms with Crippen molar-refractivity contribution in [2.75, 3.05) is 18.1 Å². The van der Waals surface area contributed by atoms with Crippen molar-refractivity contribution in [1.82, 2.24) is 0 Å². The fourth-order valence-corrected chi connectivity index (χ4v) is 3.27. The molecule has 0 radical (unpaired) electrons. The van der Waals surface area contributed by atoms with Crippen molar-refractivity contribution in [3.05, 3.63) is 58.1 Å². The highest BCUT2D eigenvalue weighted by molar-refractivity contribution is 6.32. The summed E-state index contributed by atoms with van der Waals surface area (Å²) in [5.41, 5.74) is 1.26. The van der Waals surface area contributed by atoms with Crippen molar-refractivity contribution >= 4 is 17.3 Å². The van der Waals surface area contributed by atoms with E-state index in [-0.39, 0.29) is 29.4 Å². The van der Waals surface area contributed by atoms with E-state index in [1.54, 1.807) is 31.2 Å². The van der Waals surface area contributed by atoms with Gasteiger partial charge in [0.2, 0.25) is 6.23 Å². The van der Waals surface area contributed by atoms with Gasteiger partial charge < -0.3 is 14.4 Å². The molecule has 1 saturated heterocycles. The largest absolute Gasteiger partial charge is 0.491 e. The van der Waals surface area contributed by atoms with E-state index in [0.717, 1.165) is 4.90 Å². The fraction of sp³-hybridized carbons (Fsp3) is 0.300. The van der Waals surface area contributed by atoms with E-state index in [2.05, 4.69) is 0 Å². The Morgan fingerprint density at radius 1 is 1.17 bits per heavy atom. The third-order valence-electron chi connectivity index (χ3n) is 4.49. The summed E-state index contributed by atoms with van der Waals surface area (Å²) in [6.45, 7) is 1.40. The first-order valence-electron chi connectivity index (χ1n) is 8.55. The number of hydrogen-bond acceptors (Lipinski definition) is 5. The number of nitriles is 2. The van der Waals surface area contributed by atoms with Gasteiger partial charge in [0.25, 0.3) is 0 Å². The van der Waals surface area contributed by atoms with Crippen LogP contribution in [0.25, 0.3) is 0 Å². The van der Waals surface area contributed by atoms with E-state index < -0.39 is 18.5 Å². The second-order valence-corrected chi connectivity index (χ2v) is 6.81. The van der Waals surface area contributed by atoms with Crippen LogP contribution in [0.4, 0.5) is 18.9 Å². The van der Waals surface area contributed by atoms with E-state index in [0.29, 0.717) is 16.9 Å². The molecule has 0 spiro atoms. The van der Waals surface area contributed by atoms with Crippen molar-refractivity contribution in [3.8, 4) is 17.9 Å². The molecule has 0 bridgehead atoms. The molecule has 0 aromatic heterocycles. The molecule has 3 rings (SSSR count). The summed E-state index contributed by atoms with van der Waals surface area (Å²) in [4.78, 5) is 1.08. The summed E-state index contributed by atoms with van der Waals surface area (Å²) in [6.07, 6.45) is -7.62. The molecule has 2 atom stereocenters. The first-order chi connectivity index (χ1) is 13.7. The van der Waals surface area contributed by atoms with Crippen LogP contribution in [0, 0.1) is 29.6 Å². The lowest BCUT2D eigenvalue weighted by Gasteiger charge is -2.28. The maximum Gasteiger partial charge on any atom is 0.433 e. The van der Waals surface area contributed by atoms with E-state index in [4.69, 9.17) is 31.6 Å². The van der Waals surface area contributed by atoms with Gasteiger partial charge >= 0.3 is 6.18 Å². The van der Waals surface area contributed by atoms with Crippen molar-refractivity contribution in [2.24, 2.45) is 0 Å². The summed E-state index contributed by atoms with van der Waals surface area (Å²) in [5.74, 6) is 0.423. The summed E-state index contributed by atoms with van der Waals surface area (Å²) >= 11 is 6.12. The number of benzene rings is 2. The Balaban J connectivity index is 1.79. The number of halogens is 4. The third-order valence-corrected chi connectivity index (χ3v) is 4.98. The van der Waals surface area contributed by atoms with Crippen LogP contribution in [0.5, 0.6) is 5.75 Å². The Labute approximate surface area is 170 Å². The van der Waals surface area contributed by atoms with E-state index in [1.807, 2.05) is 12.1 Å². The number of anilines is 1. The molecule has 9 heteroatoms.